The normalized spacial score (nSPS) is 11.7. The molecule has 0 saturated carbocycles. The summed E-state index contributed by atoms with van der Waals surface area (Å²) >= 11 is 0. The van der Waals surface area contributed by atoms with Gasteiger partial charge in [0.1, 0.15) is 0 Å². The van der Waals surface area contributed by atoms with Gasteiger partial charge in [0.25, 0.3) is 0 Å². The first-order valence-corrected chi connectivity index (χ1v) is 23.1. The monoisotopic (exact) mass is 660 g/mol. The van der Waals surface area contributed by atoms with Gasteiger partial charge in [-0.15, -0.1) is 0 Å². The molecule has 1 radical (unpaired) electrons. The van der Waals surface area contributed by atoms with E-state index in [2.05, 4.69) is 20.8 Å². The van der Waals surface area contributed by atoms with Crippen LogP contribution in [0.5, 0.6) is 0 Å². The zero-order valence-corrected chi connectivity index (χ0v) is 33.7. The van der Waals surface area contributed by atoms with E-state index in [0.29, 0.717) is 0 Å². The predicted molar refractivity (Wildman–Crippen MR) is 219 cm³/mol. The van der Waals surface area contributed by atoms with Gasteiger partial charge in [-0.3, -0.25) is 0 Å². The summed E-state index contributed by atoms with van der Waals surface area (Å²) in [5, 5.41) is 0. The fourth-order valence-electron chi connectivity index (χ4n) is 7.62. The van der Waals surface area contributed by atoms with Gasteiger partial charge >= 0.3 is 0 Å². The molecule has 0 nitrogen and oxygen atoms in total. The number of unbranched alkanes of at least 4 members (excludes halogenated alkanes) is 41. The van der Waals surface area contributed by atoms with Gasteiger partial charge in [-0.1, -0.05) is 297 Å². The number of hydrogen-bond donors (Lipinski definition) is 0. The third-order valence-electron chi connectivity index (χ3n) is 11.0. The predicted octanol–water partition coefficient (Wildman–Crippen LogP) is 18.3. The maximum atomic E-state index is 3.94. The first-order valence-electron chi connectivity index (χ1n) is 23.1. The standard InChI is InChI=1S/C47H95/c1-4-5-6-7-8-9-10-11-12-13-14-15-16-17-18-19-20-21-22-23-24-25-26-27-28-29-30-31-32-33-34-35-36-37-38-39-40-41-42-43-44-45-46-47(2)3/h47H,1,4-46H2,2-3H3. The van der Waals surface area contributed by atoms with Crippen molar-refractivity contribution >= 4 is 0 Å². The molecule has 0 aliphatic heterocycles. The lowest BCUT2D eigenvalue weighted by atomic mass is 10.0. The topological polar surface area (TPSA) is 0 Å². The van der Waals surface area contributed by atoms with Crippen LogP contribution >= 0.6 is 0 Å². The van der Waals surface area contributed by atoms with Crippen molar-refractivity contribution in [2.24, 2.45) is 5.92 Å². The number of hydrogen-bond acceptors (Lipinski definition) is 0. The molecule has 47 heavy (non-hydrogen) atoms. The van der Waals surface area contributed by atoms with Crippen LogP contribution in [0.15, 0.2) is 0 Å². The summed E-state index contributed by atoms with van der Waals surface area (Å²) in [6.45, 7) is 8.64. The van der Waals surface area contributed by atoms with E-state index in [0.717, 1.165) is 12.3 Å². The average molecular weight is 660 g/mol. The molecule has 283 valence electrons. The van der Waals surface area contributed by atoms with Crippen LogP contribution in [0.4, 0.5) is 0 Å². The van der Waals surface area contributed by atoms with Crippen molar-refractivity contribution in [3.05, 3.63) is 6.92 Å². The van der Waals surface area contributed by atoms with E-state index in [1.165, 1.54) is 270 Å². The highest BCUT2D eigenvalue weighted by Gasteiger charge is 1.99. The quantitative estimate of drug-likeness (QED) is 0.0571. The molecule has 0 N–H and O–H groups in total. The average Bonchev–Trinajstić information content (AvgIpc) is 3.07. The van der Waals surface area contributed by atoms with Gasteiger partial charge in [0.05, 0.1) is 0 Å². The van der Waals surface area contributed by atoms with Crippen molar-refractivity contribution in [2.45, 2.75) is 290 Å². The van der Waals surface area contributed by atoms with Crippen LogP contribution in [0.25, 0.3) is 0 Å². The van der Waals surface area contributed by atoms with Crippen LogP contribution in [0.2, 0.25) is 0 Å². The summed E-state index contributed by atoms with van der Waals surface area (Å²) in [4.78, 5) is 0. The van der Waals surface area contributed by atoms with E-state index in [1.807, 2.05) is 0 Å². The molecule has 0 rings (SSSR count). The largest absolute Gasteiger partial charge is 0.0628 e. The van der Waals surface area contributed by atoms with E-state index in [-0.39, 0.29) is 0 Å². The molecule has 0 saturated heterocycles. The van der Waals surface area contributed by atoms with Crippen molar-refractivity contribution in [1.29, 1.82) is 0 Å². The van der Waals surface area contributed by atoms with Crippen molar-refractivity contribution in [1.82, 2.24) is 0 Å². The summed E-state index contributed by atoms with van der Waals surface area (Å²) in [6, 6.07) is 0. The highest BCUT2D eigenvalue weighted by Crippen LogP contribution is 2.18. The van der Waals surface area contributed by atoms with E-state index >= 15 is 0 Å². The van der Waals surface area contributed by atoms with Crippen LogP contribution in [-0.4, -0.2) is 0 Å². The van der Waals surface area contributed by atoms with E-state index < -0.39 is 0 Å². The highest BCUT2D eigenvalue weighted by molar-refractivity contribution is 4.54. The Labute approximate surface area is 302 Å². The van der Waals surface area contributed by atoms with Crippen LogP contribution in [0.3, 0.4) is 0 Å². The van der Waals surface area contributed by atoms with Gasteiger partial charge in [0.15, 0.2) is 0 Å². The van der Waals surface area contributed by atoms with Crippen LogP contribution < -0.4 is 0 Å². The van der Waals surface area contributed by atoms with Gasteiger partial charge in [-0.25, -0.2) is 0 Å². The highest BCUT2D eigenvalue weighted by atomic mass is 14.1. The molecule has 0 heteroatoms. The third-order valence-corrected chi connectivity index (χ3v) is 11.0. The Morgan fingerprint density at radius 3 is 0.468 bits per heavy atom. The van der Waals surface area contributed by atoms with Gasteiger partial charge in [-0.05, 0) is 5.92 Å². The van der Waals surface area contributed by atoms with Crippen molar-refractivity contribution in [3.8, 4) is 0 Å². The Morgan fingerprint density at radius 2 is 0.340 bits per heavy atom. The minimum atomic E-state index is 0.895. The maximum Gasteiger partial charge on any atom is -0.0471 e. The van der Waals surface area contributed by atoms with Gasteiger partial charge in [0, 0.05) is 0 Å². The molecule has 0 aliphatic rings. The summed E-state index contributed by atoms with van der Waals surface area (Å²) < 4.78 is 0. The summed E-state index contributed by atoms with van der Waals surface area (Å²) in [5.41, 5.74) is 0. The summed E-state index contributed by atoms with van der Waals surface area (Å²) in [5.74, 6) is 0.895. The Bertz CT molecular complexity index is 506. The third kappa shape index (κ3) is 46.0. The van der Waals surface area contributed by atoms with Gasteiger partial charge in [0.2, 0.25) is 0 Å². The lowest BCUT2D eigenvalue weighted by molar-refractivity contribution is 0.500. The summed E-state index contributed by atoms with van der Waals surface area (Å²) in [6.07, 6.45) is 63.3. The minimum Gasteiger partial charge on any atom is -0.0628 e. The SMILES string of the molecule is [CH2]CCCCCCCCCCCCCCCCCCCCCCCCCCCCCCCCCCCCCCCCCCCC(C)C. The molecule has 0 unspecified atom stereocenters. The zero-order valence-electron chi connectivity index (χ0n) is 33.7. The zero-order chi connectivity index (χ0) is 34.0. The Balaban J connectivity index is 3.04. The molecule has 0 atom stereocenters. The summed E-state index contributed by atoms with van der Waals surface area (Å²) in [7, 11) is 0. The second kappa shape index (κ2) is 44.0. The van der Waals surface area contributed by atoms with Crippen molar-refractivity contribution in [3.63, 3.8) is 0 Å². The van der Waals surface area contributed by atoms with Crippen LogP contribution in [-0.2, 0) is 0 Å². The van der Waals surface area contributed by atoms with E-state index in [1.54, 1.807) is 0 Å². The van der Waals surface area contributed by atoms with Gasteiger partial charge < -0.3 is 0 Å². The Morgan fingerprint density at radius 1 is 0.213 bits per heavy atom. The molecule has 0 bridgehead atoms. The molecule has 0 aliphatic carbocycles. The molecule has 0 aromatic carbocycles. The van der Waals surface area contributed by atoms with Crippen molar-refractivity contribution < 1.29 is 0 Å². The van der Waals surface area contributed by atoms with Gasteiger partial charge in [-0.2, -0.15) is 0 Å². The molecule has 0 amide bonds. The van der Waals surface area contributed by atoms with Crippen LogP contribution in [0, 0.1) is 12.8 Å². The molecular formula is C47H95. The van der Waals surface area contributed by atoms with E-state index in [4.69, 9.17) is 0 Å². The van der Waals surface area contributed by atoms with Crippen molar-refractivity contribution in [2.75, 3.05) is 0 Å². The molecule has 0 aromatic rings. The fourth-order valence-corrected chi connectivity index (χ4v) is 7.62. The molecule has 0 heterocycles. The minimum absolute atomic E-state index is 0.895. The lowest BCUT2D eigenvalue weighted by Gasteiger charge is -2.05. The maximum absolute atomic E-state index is 3.94. The van der Waals surface area contributed by atoms with Crippen LogP contribution in [0.1, 0.15) is 290 Å². The first-order chi connectivity index (χ1) is 23.3. The smallest absolute Gasteiger partial charge is 0.0471 e. The fraction of sp³-hybridized carbons (Fsp3) is 0.979. The molecule has 0 fully saturated rings. The lowest BCUT2D eigenvalue weighted by Crippen LogP contribution is -1.87. The Kier molecular flexibility index (Phi) is 44.0. The second-order valence-electron chi connectivity index (χ2n) is 16.5. The number of rotatable bonds is 43. The molecular weight excluding hydrogens is 565 g/mol. The van der Waals surface area contributed by atoms with E-state index in [9.17, 15) is 0 Å². The molecule has 0 aromatic heterocycles. The molecule has 0 spiro atoms. The first kappa shape index (κ1) is 47.0. The second-order valence-corrected chi connectivity index (χ2v) is 16.5. The Hall–Kier alpha value is 0.